The monoisotopic (exact) mass is 277 g/mol. The minimum atomic E-state index is -0.820. The summed E-state index contributed by atoms with van der Waals surface area (Å²) in [5, 5.41) is 11.8. The molecule has 0 bridgehead atoms. The Balaban J connectivity index is 1.75. The predicted molar refractivity (Wildman–Crippen MR) is 73.3 cm³/mol. The first-order valence-corrected chi connectivity index (χ1v) is 6.81. The van der Waals surface area contributed by atoms with Crippen molar-refractivity contribution in [3.63, 3.8) is 0 Å². The summed E-state index contributed by atoms with van der Waals surface area (Å²) >= 11 is 0. The lowest BCUT2D eigenvalue weighted by atomic mass is 9.99. The quantitative estimate of drug-likeness (QED) is 0.864. The van der Waals surface area contributed by atoms with Crippen molar-refractivity contribution in [2.24, 2.45) is 5.92 Å². The first-order chi connectivity index (χ1) is 9.66. The molecule has 108 valence electrons. The number of piperidine rings is 1. The summed E-state index contributed by atoms with van der Waals surface area (Å²) in [6, 6.07) is 3.64. The van der Waals surface area contributed by atoms with E-state index in [1.807, 2.05) is 12.1 Å². The van der Waals surface area contributed by atoms with Gasteiger partial charge in [0.25, 0.3) is 0 Å². The molecule has 0 unspecified atom stereocenters. The summed E-state index contributed by atoms with van der Waals surface area (Å²) in [4.78, 5) is 28.5. The minimum absolute atomic E-state index is 0.176. The Kier molecular flexibility index (Phi) is 4.92. The van der Waals surface area contributed by atoms with Crippen molar-refractivity contribution in [1.29, 1.82) is 0 Å². The number of hydrogen-bond acceptors (Lipinski definition) is 3. The molecule has 0 aliphatic carbocycles. The van der Waals surface area contributed by atoms with E-state index in [0.29, 0.717) is 26.1 Å². The van der Waals surface area contributed by atoms with Gasteiger partial charge in [0, 0.05) is 32.0 Å². The van der Waals surface area contributed by atoms with Crippen molar-refractivity contribution in [2.75, 3.05) is 19.6 Å². The highest BCUT2D eigenvalue weighted by molar-refractivity contribution is 5.76. The molecule has 1 aliphatic heterocycles. The fourth-order valence-electron chi connectivity index (χ4n) is 2.34. The molecule has 0 saturated carbocycles. The van der Waals surface area contributed by atoms with E-state index in [-0.39, 0.29) is 6.03 Å². The maximum Gasteiger partial charge on any atom is 0.317 e. The van der Waals surface area contributed by atoms with Gasteiger partial charge in [0.05, 0.1) is 5.92 Å². The van der Waals surface area contributed by atoms with Crippen LogP contribution in [0.2, 0.25) is 0 Å². The highest BCUT2D eigenvalue weighted by atomic mass is 16.4. The highest BCUT2D eigenvalue weighted by Gasteiger charge is 2.27. The third kappa shape index (κ3) is 3.94. The molecule has 20 heavy (non-hydrogen) atoms. The molecule has 6 nitrogen and oxygen atoms in total. The van der Waals surface area contributed by atoms with Crippen LogP contribution in [0.15, 0.2) is 24.5 Å². The SMILES string of the molecule is O=C(O)[C@H]1CCCN(C(=O)NCCc2ccncc2)C1. The lowest BCUT2D eigenvalue weighted by Gasteiger charge is -2.30. The zero-order valence-corrected chi connectivity index (χ0v) is 11.3. The van der Waals surface area contributed by atoms with Gasteiger partial charge in [-0.15, -0.1) is 0 Å². The van der Waals surface area contributed by atoms with E-state index in [0.717, 1.165) is 18.4 Å². The Bertz CT molecular complexity index is 464. The molecule has 2 amide bonds. The van der Waals surface area contributed by atoms with E-state index in [9.17, 15) is 9.59 Å². The Morgan fingerprint density at radius 3 is 2.85 bits per heavy atom. The molecule has 1 aromatic heterocycles. The Morgan fingerprint density at radius 2 is 2.15 bits per heavy atom. The molecule has 0 spiro atoms. The molecule has 2 heterocycles. The highest BCUT2D eigenvalue weighted by Crippen LogP contribution is 2.16. The molecule has 2 rings (SSSR count). The topological polar surface area (TPSA) is 82.5 Å². The molecular formula is C14H19N3O3. The molecule has 1 aliphatic rings. The molecule has 1 atom stereocenters. The van der Waals surface area contributed by atoms with Crippen molar-refractivity contribution >= 4 is 12.0 Å². The lowest BCUT2D eigenvalue weighted by Crippen LogP contribution is -2.47. The van der Waals surface area contributed by atoms with Gasteiger partial charge in [-0.3, -0.25) is 9.78 Å². The maximum absolute atomic E-state index is 12.0. The molecular weight excluding hydrogens is 258 g/mol. The van der Waals surface area contributed by atoms with Gasteiger partial charge in [-0.25, -0.2) is 4.79 Å². The Hall–Kier alpha value is -2.11. The van der Waals surface area contributed by atoms with Crippen LogP contribution < -0.4 is 5.32 Å². The normalized spacial score (nSPS) is 18.6. The van der Waals surface area contributed by atoms with Crippen LogP contribution in [0.4, 0.5) is 4.79 Å². The van der Waals surface area contributed by atoms with E-state index in [2.05, 4.69) is 10.3 Å². The molecule has 1 saturated heterocycles. The average Bonchev–Trinajstić information content (AvgIpc) is 2.48. The lowest BCUT2D eigenvalue weighted by molar-refractivity contribution is -0.143. The number of urea groups is 1. The van der Waals surface area contributed by atoms with Gasteiger partial charge in [-0.1, -0.05) is 0 Å². The number of amides is 2. The van der Waals surface area contributed by atoms with Gasteiger partial charge < -0.3 is 15.3 Å². The molecule has 0 radical (unpaired) electrons. The number of carbonyl (C=O) groups excluding carboxylic acids is 1. The number of likely N-dealkylation sites (tertiary alicyclic amines) is 1. The van der Waals surface area contributed by atoms with Crippen molar-refractivity contribution < 1.29 is 14.7 Å². The molecule has 1 fully saturated rings. The molecule has 2 N–H and O–H groups in total. The standard InChI is InChI=1S/C14H19N3O3/c18-13(19)12-2-1-9-17(10-12)14(20)16-8-5-11-3-6-15-7-4-11/h3-4,6-7,12H,1-2,5,8-10H2,(H,16,20)(H,18,19)/t12-/m0/s1. The van der Waals surface area contributed by atoms with Crippen LogP contribution in [-0.2, 0) is 11.2 Å². The fraction of sp³-hybridized carbons (Fsp3) is 0.500. The number of rotatable bonds is 4. The third-order valence-corrected chi connectivity index (χ3v) is 3.50. The number of carboxylic acid groups (broad SMARTS) is 1. The van der Waals surface area contributed by atoms with Crippen molar-refractivity contribution in [1.82, 2.24) is 15.2 Å². The van der Waals surface area contributed by atoms with Crippen molar-refractivity contribution in [2.45, 2.75) is 19.3 Å². The van der Waals surface area contributed by atoms with Gasteiger partial charge in [0.15, 0.2) is 0 Å². The van der Waals surface area contributed by atoms with Crippen LogP contribution in [0.5, 0.6) is 0 Å². The van der Waals surface area contributed by atoms with Gasteiger partial charge in [0.2, 0.25) is 0 Å². The molecule has 6 heteroatoms. The van der Waals surface area contributed by atoms with E-state index >= 15 is 0 Å². The second kappa shape index (κ2) is 6.88. The summed E-state index contributed by atoms with van der Waals surface area (Å²) in [5.74, 6) is -1.26. The van der Waals surface area contributed by atoms with Gasteiger partial charge in [-0.2, -0.15) is 0 Å². The number of carboxylic acids is 1. The van der Waals surface area contributed by atoms with Crippen LogP contribution >= 0.6 is 0 Å². The second-order valence-electron chi connectivity index (χ2n) is 4.96. The number of pyridine rings is 1. The van der Waals surface area contributed by atoms with Crippen LogP contribution in [0, 0.1) is 5.92 Å². The first kappa shape index (κ1) is 14.3. The average molecular weight is 277 g/mol. The van der Waals surface area contributed by atoms with Crippen LogP contribution in [0.1, 0.15) is 18.4 Å². The van der Waals surface area contributed by atoms with Crippen molar-refractivity contribution in [3.8, 4) is 0 Å². The zero-order valence-electron chi connectivity index (χ0n) is 11.3. The first-order valence-electron chi connectivity index (χ1n) is 6.81. The maximum atomic E-state index is 12.0. The Morgan fingerprint density at radius 1 is 1.40 bits per heavy atom. The van der Waals surface area contributed by atoms with Crippen LogP contribution in [0.3, 0.4) is 0 Å². The van der Waals surface area contributed by atoms with Crippen LogP contribution in [-0.4, -0.2) is 46.6 Å². The van der Waals surface area contributed by atoms with E-state index < -0.39 is 11.9 Å². The smallest absolute Gasteiger partial charge is 0.317 e. The van der Waals surface area contributed by atoms with E-state index in [4.69, 9.17) is 5.11 Å². The summed E-state index contributed by atoms with van der Waals surface area (Å²) in [5.41, 5.74) is 1.11. The molecule has 1 aromatic rings. The summed E-state index contributed by atoms with van der Waals surface area (Å²) in [6.45, 7) is 1.47. The van der Waals surface area contributed by atoms with E-state index in [1.54, 1.807) is 17.3 Å². The number of aliphatic carboxylic acids is 1. The van der Waals surface area contributed by atoms with E-state index in [1.165, 1.54) is 0 Å². The summed E-state index contributed by atoms with van der Waals surface area (Å²) in [7, 11) is 0. The van der Waals surface area contributed by atoms with Crippen molar-refractivity contribution in [3.05, 3.63) is 30.1 Å². The van der Waals surface area contributed by atoms with Crippen LogP contribution in [0.25, 0.3) is 0 Å². The van der Waals surface area contributed by atoms with Gasteiger partial charge in [0.1, 0.15) is 0 Å². The number of hydrogen-bond donors (Lipinski definition) is 2. The Labute approximate surface area is 117 Å². The minimum Gasteiger partial charge on any atom is -0.481 e. The fourth-order valence-corrected chi connectivity index (χ4v) is 2.34. The second-order valence-corrected chi connectivity index (χ2v) is 4.96. The van der Waals surface area contributed by atoms with Gasteiger partial charge >= 0.3 is 12.0 Å². The van der Waals surface area contributed by atoms with Gasteiger partial charge in [-0.05, 0) is 37.0 Å². The third-order valence-electron chi connectivity index (χ3n) is 3.50. The molecule has 0 aromatic carbocycles. The summed E-state index contributed by atoms with van der Waals surface area (Å²) < 4.78 is 0. The number of nitrogens with zero attached hydrogens (tertiary/aromatic N) is 2. The number of carbonyl (C=O) groups is 2. The number of nitrogens with one attached hydrogen (secondary N) is 1. The summed E-state index contributed by atoms with van der Waals surface area (Å²) in [6.07, 6.45) is 5.58. The number of aromatic nitrogens is 1. The largest absolute Gasteiger partial charge is 0.481 e. The zero-order chi connectivity index (χ0) is 14.4. The predicted octanol–water partition coefficient (Wildman–Crippen LogP) is 1.13.